The maximum atomic E-state index is 11.7. The number of aliphatic hydroxyl groups excluding tert-OH is 2. The zero-order chi connectivity index (χ0) is 21.3. The lowest BCUT2D eigenvalue weighted by Gasteiger charge is -2.12. The summed E-state index contributed by atoms with van der Waals surface area (Å²) >= 11 is 0. The van der Waals surface area contributed by atoms with Gasteiger partial charge in [0.1, 0.15) is 6.23 Å². The normalized spacial score (nSPS) is 12.6. The molecule has 0 aromatic heterocycles. The smallest absolute Gasteiger partial charge is 0.387 e. The van der Waals surface area contributed by atoms with Crippen molar-refractivity contribution in [1.82, 2.24) is 4.72 Å². The lowest BCUT2D eigenvalue weighted by molar-refractivity contribution is -0.137. The average Bonchev–Trinajstić information content (AvgIpc) is 2.58. The van der Waals surface area contributed by atoms with Crippen LogP contribution in [0.15, 0.2) is 0 Å². The van der Waals surface area contributed by atoms with E-state index in [9.17, 15) is 23.1 Å². The Balaban J connectivity index is 3.78. The number of aliphatic hydroxyl groups is 2. The van der Waals surface area contributed by atoms with Gasteiger partial charge in [0, 0.05) is 19.4 Å². The SMILES string of the molecule is O=C(O)CCCCCCCC(=O)OS(=O)(=O)NC(O)CCCCCCCCO. The molecule has 28 heavy (non-hydrogen) atoms. The molecular weight excluding hydrogens is 390 g/mol. The van der Waals surface area contributed by atoms with Gasteiger partial charge in [-0.3, -0.25) is 9.59 Å². The third-order valence-electron chi connectivity index (χ3n) is 4.14. The van der Waals surface area contributed by atoms with E-state index in [0.29, 0.717) is 25.7 Å². The van der Waals surface area contributed by atoms with Gasteiger partial charge in [0.15, 0.2) is 0 Å². The Morgan fingerprint density at radius 2 is 1.32 bits per heavy atom. The summed E-state index contributed by atoms with van der Waals surface area (Å²) in [4.78, 5) is 21.9. The quantitative estimate of drug-likeness (QED) is 0.182. The van der Waals surface area contributed by atoms with Crippen LogP contribution in [0.3, 0.4) is 0 Å². The first-order valence-corrected chi connectivity index (χ1v) is 11.4. The summed E-state index contributed by atoms with van der Waals surface area (Å²) in [6, 6.07) is 0. The number of unbranched alkanes of at least 4 members (excludes halogenated alkanes) is 9. The second-order valence-electron chi connectivity index (χ2n) is 6.84. The van der Waals surface area contributed by atoms with Crippen molar-refractivity contribution < 1.29 is 37.5 Å². The summed E-state index contributed by atoms with van der Waals surface area (Å²) in [5.41, 5.74) is 0. The number of carbonyl (C=O) groups excluding carboxylic acids is 1. The minimum absolute atomic E-state index is 0.0518. The number of hydrogen-bond donors (Lipinski definition) is 4. The van der Waals surface area contributed by atoms with Crippen molar-refractivity contribution in [2.45, 2.75) is 96.1 Å². The van der Waals surface area contributed by atoms with Crippen LogP contribution in [0.5, 0.6) is 0 Å². The molecule has 0 spiro atoms. The first-order chi connectivity index (χ1) is 13.3. The Morgan fingerprint density at radius 3 is 1.89 bits per heavy atom. The van der Waals surface area contributed by atoms with E-state index >= 15 is 0 Å². The molecule has 9 nitrogen and oxygen atoms in total. The van der Waals surface area contributed by atoms with Gasteiger partial charge in [-0.15, -0.1) is 0 Å². The number of rotatable bonds is 19. The summed E-state index contributed by atoms with van der Waals surface area (Å²) in [5, 5.41) is 26.9. The van der Waals surface area contributed by atoms with Crippen molar-refractivity contribution in [3.63, 3.8) is 0 Å². The fourth-order valence-electron chi connectivity index (χ4n) is 2.65. The van der Waals surface area contributed by atoms with Crippen molar-refractivity contribution in [3.8, 4) is 0 Å². The van der Waals surface area contributed by atoms with Crippen LogP contribution >= 0.6 is 0 Å². The standard InChI is InChI=1S/C18H35NO8S/c20-15-11-7-2-1-4-8-12-16(21)19-28(25,26)27-18(24)14-10-6-3-5-9-13-17(22)23/h16,19-21H,1-15H2,(H,22,23). The van der Waals surface area contributed by atoms with Gasteiger partial charge in [-0.1, -0.05) is 44.9 Å². The largest absolute Gasteiger partial charge is 0.481 e. The fraction of sp³-hybridized carbons (Fsp3) is 0.889. The summed E-state index contributed by atoms with van der Waals surface area (Å²) < 4.78 is 29.7. The maximum absolute atomic E-state index is 11.7. The molecule has 1 unspecified atom stereocenters. The Kier molecular flexibility index (Phi) is 16.0. The van der Waals surface area contributed by atoms with Gasteiger partial charge in [0.05, 0.1) is 0 Å². The number of carbonyl (C=O) groups is 2. The van der Waals surface area contributed by atoms with Crippen LogP contribution < -0.4 is 4.72 Å². The zero-order valence-corrected chi connectivity index (χ0v) is 17.3. The van der Waals surface area contributed by atoms with Gasteiger partial charge < -0.3 is 19.5 Å². The number of carboxylic acids is 1. The molecule has 0 heterocycles. The summed E-state index contributed by atoms with van der Waals surface area (Å²) in [6.45, 7) is 0.187. The highest BCUT2D eigenvalue weighted by Gasteiger charge is 2.20. The molecular formula is C18H35NO8S. The lowest BCUT2D eigenvalue weighted by atomic mass is 10.1. The van der Waals surface area contributed by atoms with Crippen molar-refractivity contribution in [1.29, 1.82) is 0 Å². The van der Waals surface area contributed by atoms with Crippen LogP contribution in [0.25, 0.3) is 0 Å². The highest BCUT2D eigenvalue weighted by atomic mass is 32.2. The van der Waals surface area contributed by atoms with Crippen LogP contribution in [0.1, 0.15) is 89.9 Å². The molecule has 10 heteroatoms. The molecule has 0 bridgehead atoms. The monoisotopic (exact) mass is 425 g/mol. The summed E-state index contributed by atoms with van der Waals surface area (Å²) in [7, 11) is -4.34. The first kappa shape index (κ1) is 26.8. The number of hydrogen-bond acceptors (Lipinski definition) is 7. The fourth-order valence-corrected chi connectivity index (χ4v) is 3.47. The van der Waals surface area contributed by atoms with Crippen molar-refractivity contribution >= 4 is 22.2 Å². The molecule has 0 saturated carbocycles. The first-order valence-electron chi connectivity index (χ1n) is 10.0. The molecule has 0 aromatic carbocycles. The molecule has 0 radical (unpaired) electrons. The molecule has 0 aromatic rings. The molecule has 0 saturated heterocycles. The Morgan fingerprint density at radius 1 is 0.821 bits per heavy atom. The Hall–Kier alpha value is -1.23. The van der Waals surface area contributed by atoms with Crippen LogP contribution in [0, 0.1) is 0 Å². The molecule has 4 N–H and O–H groups in total. The van der Waals surface area contributed by atoms with Crippen LogP contribution in [-0.2, 0) is 24.1 Å². The van der Waals surface area contributed by atoms with E-state index in [1.807, 2.05) is 4.72 Å². The van der Waals surface area contributed by atoms with Crippen molar-refractivity contribution in [2.24, 2.45) is 0 Å². The van der Waals surface area contributed by atoms with E-state index in [1.54, 1.807) is 0 Å². The van der Waals surface area contributed by atoms with Crippen LogP contribution in [0.4, 0.5) is 0 Å². The van der Waals surface area contributed by atoms with E-state index < -0.39 is 28.5 Å². The number of carboxylic acid groups (broad SMARTS) is 1. The molecule has 1 atom stereocenters. The molecule has 0 fully saturated rings. The maximum Gasteiger partial charge on any atom is 0.387 e. The van der Waals surface area contributed by atoms with Gasteiger partial charge in [-0.25, -0.2) is 0 Å². The van der Waals surface area contributed by atoms with E-state index in [2.05, 4.69) is 4.18 Å². The molecule has 0 amide bonds. The summed E-state index contributed by atoms with van der Waals surface area (Å²) in [5.74, 6) is -1.71. The van der Waals surface area contributed by atoms with Gasteiger partial charge in [-0.05, 0) is 32.1 Å². The third-order valence-corrected chi connectivity index (χ3v) is 5.11. The van der Waals surface area contributed by atoms with Gasteiger partial charge in [0.2, 0.25) is 0 Å². The van der Waals surface area contributed by atoms with Gasteiger partial charge >= 0.3 is 22.2 Å². The van der Waals surface area contributed by atoms with E-state index in [4.69, 9.17) is 10.2 Å². The van der Waals surface area contributed by atoms with Crippen molar-refractivity contribution in [3.05, 3.63) is 0 Å². The number of aliphatic carboxylic acids is 1. The van der Waals surface area contributed by atoms with Gasteiger partial charge in [-0.2, -0.15) is 13.1 Å². The molecule has 0 rings (SSSR count). The Labute approximate surface area is 167 Å². The molecule has 166 valence electrons. The van der Waals surface area contributed by atoms with E-state index in [1.165, 1.54) is 0 Å². The topological polar surface area (TPSA) is 150 Å². The predicted octanol–water partition coefficient (Wildman–Crippen LogP) is 2.22. The van der Waals surface area contributed by atoms with Crippen LogP contribution in [0.2, 0.25) is 0 Å². The molecule has 0 aliphatic rings. The van der Waals surface area contributed by atoms with E-state index in [-0.39, 0.29) is 25.9 Å². The average molecular weight is 426 g/mol. The molecule has 0 aliphatic carbocycles. The number of nitrogens with one attached hydrogen (secondary N) is 1. The molecule has 0 aliphatic heterocycles. The predicted molar refractivity (Wildman–Crippen MR) is 104 cm³/mol. The minimum atomic E-state index is -4.34. The minimum Gasteiger partial charge on any atom is -0.481 e. The second-order valence-corrected chi connectivity index (χ2v) is 8.15. The summed E-state index contributed by atoms with van der Waals surface area (Å²) in [6.07, 6.45) is 7.38. The third kappa shape index (κ3) is 18.1. The zero-order valence-electron chi connectivity index (χ0n) is 16.5. The van der Waals surface area contributed by atoms with E-state index in [0.717, 1.165) is 44.9 Å². The highest BCUT2D eigenvalue weighted by Crippen LogP contribution is 2.10. The van der Waals surface area contributed by atoms with Gasteiger partial charge in [0.25, 0.3) is 0 Å². The lowest BCUT2D eigenvalue weighted by Crippen LogP contribution is -2.36. The van der Waals surface area contributed by atoms with Crippen LogP contribution in [-0.4, -0.2) is 48.5 Å². The van der Waals surface area contributed by atoms with Crippen molar-refractivity contribution in [2.75, 3.05) is 6.61 Å². The highest BCUT2D eigenvalue weighted by molar-refractivity contribution is 7.85. The Bertz CT molecular complexity index is 524. The second kappa shape index (κ2) is 16.7.